The summed E-state index contributed by atoms with van der Waals surface area (Å²) in [6, 6.07) is 12.1. The summed E-state index contributed by atoms with van der Waals surface area (Å²) in [5, 5.41) is 0.889. The second-order valence-electron chi connectivity index (χ2n) is 15.6. The van der Waals surface area contributed by atoms with Crippen LogP contribution in [0.4, 0.5) is 11.4 Å². The molecule has 3 aromatic rings. The molecule has 2 N–H and O–H groups in total. The Kier molecular flexibility index (Phi) is 17.6. The van der Waals surface area contributed by atoms with Gasteiger partial charge < -0.3 is 43.8 Å². The lowest BCUT2D eigenvalue weighted by Gasteiger charge is -2.25. The summed E-state index contributed by atoms with van der Waals surface area (Å²) in [4.78, 5) is 60.5. The van der Waals surface area contributed by atoms with Crippen molar-refractivity contribution in [1.82, 2.24) is 9.88 Å². The first-order chi connectivity index (χ1) is 29.3. The minimum atomic E-state index is -1.26. The number of pyridine rings is 1. The topological polar surface area (TPSA) is 178 Å². The number of rotatable bonds is 24. The third-order valence-electron chi connectivity index (χ3n) is 9.74. The number of carbonyl (C=O) groups excluding carboxylic acids is 4. The molecule has 0 saturated carbocycles. The summed E-state index contributed by atoms with van der Waals surface area (Å²) in [5.41, 5.74) is 7.80. The number of amides is 2. The monoisotopic (exact) mass is 896 g/mol. The Morgan fingerprint density at radius 2 is 1.64 bits per heavy atom. The second kappa shape index (κ2) is 22.8. The van der Waals surface area contributed by atoms with Crippen LogP contribution in [-0.2, 0) is 23.8 Å². The molecule has 2 aromatic carbocycles. The van der Waals surface area contributed by atoms with Crippen LogP contribution in [0, 0.1) is 0 Å². The third kappa shape index (κ3) is 13.5. The maximum absolute atomic E-state index is 14.0. The van der Waals surface area contributed by atoms with Gasteiger partial charge in [0.15, 0.2) is 36.5 Å². The van der Waals surface area contributed by atoms with Gasteiger partial charge in [-0.25, -0.2) is 9.78 Å². The maximum Gasteiger partial charge on any atom is 0.342 e. The number of ether oxygens (including phenoxy) is 7. The van der Waals surface area contributed by atoms with Gasteiger partial charge in [-0.1, -0.05) is 48.7 Å². The molecule has 2 amide bonds. The number of benzene rings is 2. The van der Waals surface area contributed by atoms with Gasteiger partial charge in [-0.3, -0.25) is 19.3 Å². The number of carbonyl (C=O) groups is 4. The summed E-state index contributed by atoms with van der Waals surface area (Å²) >= 11 is 0. The molecule has 18 heteroatoms. The van der Waals surface area contributed by atoms with Crippen molar-refractivity contribution in [2.45, 2.75) is 75.3 Å². The van der Waals surface area contributed by atoms with Crippen LogP contribution in [0.3, 0.4) is 0 Å². The Hall–Kier alpha value is -4.91. The number of aromatic nitrogens is 1. The van der Waals surface area contributed by atoms with Gasteiger partial charge in [0.1, 0.15) is 11.1 Å². The molecule has 3 heterocycles. The molecule has 1 saturated heterocycles. The van der Waals surface area contributed by atoms with Gasteiger partial charge in [0, 0.05) is 57.8 Å². The largest absolute Gasteiger partial charge is 0.493 e. The van der Waals surface area contributed by atoms with Crippen molar-refractivity contribution in [3.8, 4) is 23.0 Å². The predicted molar refractivity (Wildman–Crippen MR) is 238 cm³/mol. The fourth-order valence-corrected chi connectivity index (χ4v) is 9.12. The SMILES string of the molecule is C=C1C[C@H]2C(=O)N(COC(=O)CCCSSc3ccccn3)c3cc(OCCCCCOc4cc(N)c(C(=O)OCOCC[Si](C)(C)C)cc4OC)c(OC)cc3C(=O)N2C1. The molecule has 5 rings (SSSR count). The van der Waals surface area contributed by atoms with E-state index in [0.717, 1.165) is 23.1 Å². The maximum atomic E-state index is 14.0. The van der Waals surface area contributed by atoms with E-state index in [1.807, 2.05) is 18.2 Å². The van der Waals surface area contributed by atoms with E-state index in [-0.39, 0.29) is 60.8 Å². The van der Waals surface area contributed by atoms with E-state index in [1.165, 1.54) is 40.9 Å². The number of unbranched alkanes of at least 4 members (excludes halogenated alkanes) is 2. The number of hydrogen-bond donors (Lipinski definition) is 1. The summed E-state index contributed by atoms with van der Waals surface area (Å²) in [6.07, 6.45) is 4.82. The van der Waals surface area contributed by atoms with Crippen molar-refractivity contribution in [3.63, 3.8) is 0 Å². The smallest absolute Gasteiger partial charge is 0.342 e. The fraction of sp³-hybridized carbons (Fsp3) is 0.465. The van der Waals surface area contributed by atoms with E-state index in [9.17, 15) is 19.2 Å². The molecule has 0 aliphatic carbocycles. The van der Waals surface area contributed by atoms with E-state index >= 15 is 0 Å². The number of methoxy groups -OCH3 is 2. The Morgan fingerprint density at radius 1 is 0.918 bits per heavy atom. The number of hydrogen-bond acceptors (Lipinski definition) is 15. The molecule has 1 atom stereocenters. The van der Waals surface area contributed by atoms with Gasteiger partial charge in [0.05, 0.1) is 49.9 Å². The van der Waals surface area contributed by atoms with Crippen LogP contribution in [0.5, 0.6) is 23.0 Å². The van der Waals surface area contributed by atoms with Gasteiger partial charge in [-0.15, -0.1) is 0 Å². The van der Waals surface area contributed by atoms with Crippen molar-refractivity contribution in [1.29, 1.82) is 0 Å². The predicted octanol–water partition coefficient (Wildman–Crippen LogP) is 7.62. The van der Waals surface area contributed by atoms with Crippen LogP contribution in [0.2, 0.25) is 25.7 Å². The number of nitrogen functional groups attached to an aromatic ring is 1. The normalized spacial score (nSPS) is 14.9. The Morgan fingerprint density at radius 3 is 2.33 bits per heavy atom. The Bertz CT molecular complexity index is 2020. The minimum absolute atomic E-state index is 0.157. The number of anilines is 2. The van der Waals surface area contributed by atoms with Crippen LogP contribution >= 0.6 is 21.6 Å². The number of esters is 2. The van der Waals surface area contributed by atoms with Crippen molar-refractivity contribution in [2.75, 3.05) is 70.5 Å². The van der Waals surface area contributed by atoms with E-state index in [4.69, 9.17) is 38.9 Å². The lowest BCUT2D eigenvalue weighted by molar-refractivity contribution is -0.144. The van der Waals surface area contributed by atoms with Gasteiger partial charge in [-0.05, 0) is 67.1 Å². The van der Waals surface area contributed by atoms with E-state index in [2.05, 4.69) is 31.2 Å². The second-order valence-corrected chi connectivity index (χ2v) is 23.7. The van der Waals surface area contributed by atoms with E-state index in [1.54, 1.807) is 35.2 Å². The van der Waals surface area contributed by atoms with Crippen molar-refractivity contribution < 1.29 is 52.3 Å². The van der Waals surface area contributed by atoms with Crippen molar-refractivity contribution in [3.05, 3.63) is 71.9 Å². The molecular weight excluding hydrogens is 841 g/mol. The highest BCUT2D eigenvalue weighted by atomic mass is 33.1. The molecule has 15 nitrogen and oxygen atoms in total. The summed E-state index contributed by atoms with van der Waals surface area (Å²) in [5.74, 6) is 0.310. The van der Waals surface area contributed by atoms with Gasteiger partial charge in [-0.2, -0.15) is 0 Å². The molecule has 2 aliphatic rings. The molecule has 0 bridgehead atoms. The molecule has 0 unspecified atom stereocenters. The first kappa shape index (κ1) is 47.1. The summed E-state index contributed by atoms with van der Waals surface area (Å²) in [6.45, 7) is 11.6. The number of nitrogens with two attached hydrogens (primary N) is 1. The van der Waals surface area contributed by atoms with Crippen LogP contribution in [0.25, 0.3) is 0 Å². The molecule has 0 spiro atoms. The number of nitrogens with zero attached hydrogens (tertiary/aromatic N) is 3. The Labute approximate surface area is 366 Å². The first-order valence-corrected chi connectivity index (χ1v) is 26.2. The fourth-order valence-electron chi connectivity index (χ4n) is 6.40. The average Bonchev–Trinajstić information content (AvgIpc) is 3.61. The lowest BCUT2D eigenvalue weighted by atomic mass is 10.1. The molecule has 1 fully saturated rings. The van der Waals surface area contributed by atoms with Gasteiger partial charge >= 0.3 is 11.9 Å². The average molecular weight is 897 g/mol. The molecule has 1 aromatic heterocycles. The van der Waals surface area contributed by atoms with Crippen LogP contribution in [-0.4, -0.2) is 108 Å². The zero-order valence-electron chi connectivity index (χ0n) is 35.5. The third-order valence-corrected chi connectivity index (χ3v) is 13.8. The standard InChI is InChI=1S/C43H56N4O11S2Si/c1-29-21-34-42(50)47(27-57-40(48)14-12-19-59-60-39-13-8-9-15-45-39)33-25-38(36(53-3)23-31(33)41(49)46(34)26-29)56-17-11-7-10-16-55-37-24-32(44)30(22-35(37)52-2)43(51)58-28-54-18-20-61(4,5)6/h8-9,13,15,22-25,34H,1,7,10-12,14,16-21,26-28,44H2,2-6H3/t34-/m0/s1. The molecule has 2 aliphatic heterocycles. The van der Waals surface area contributed by atoms with Gasteiger partial charge in [0.25, 0.3) is 11.8 Å². The number of fused-ring (bicyclic) bond motifs is 2. The van der Waals surface area contributed by atoms with E-state index < -0.39 is 26.1 Å². The minimum Gasteiger partial charge on any atom is -0.493 e. The van der Waals surface area contributed by atoms with Crippen LogP contribution in [0.1, 0.15) is 59.2 Å². The van der Waals surface area contributed by atoms with Crippen LogP contribution < -0.4 is 29.6 Å². The highest BCUT2D eigenvalue weighted by Crippen LogP contribution is 2.41. The molecule has 61 heavy (non-hydrogen) atoms. The van der Waals surface area contributed by atoms with Crippen molar-refractivity contribution >= 4 is 64.8 Å². The Balaban J connectivity index is 1.14. The van der Waals surface area contributed by atoms with E-state index in [0.29, 0.717) is 74.3 Å². The van der Waals surface area contributed by atoms with Crippen LogP contribution in [0.15, 0.2) is 65.8 Å². The molecule has 330 valence electrons. The lowest BCUT2D eigenvalue weighted by Crippen LogP contribution is -2.45. The highest BCUT2D eigenvalue weighted by Gasteiger charge is 2.44. The molecule has 0 radical (unpaired) electrons. The quantitative estimate of drug-likeness (QED) is 0.0177. The first-order valence-electron chi connectivity index (χ1n) is 20.1. The van der Waals surface area contributed by atoms with Crippen molar-refractivity contribution in [2.24, 2.45) is 0 Å². The summed E-state index contributed by atoms with van der Waals surface area (Å²) in [7, 11) is 4.83. The van der Waals surface area contributed by atoms with Gasteiger partial charge in [0.2, 0.25) is 0 Å². The summed E-state index contributed by atoms with van der Waals surface area (Å²) < 4.78 is 39.6. The zero-order valence-corrected chi connectivity index (χ0v) is 38.2. The highest BCUT2D eigenvalue weighted by molar-refractivity contribution is 8.76. The zero-order chi connectivity index (χ0) is 43.9. The molecular formula is C43H56N4O11S2Si.